The first kappa shape index (κ1) is 22.8. The van der Waals surface area contributed by atoms with Crippen LogP contribution in [0.2, 0.25) is 0 Å². The molecule has 1 aliphatic carbocycles. The van der Waals surface area contributed by atoms with Crippen molar-refractivity contribution in [3.63, 3.8) is 0 Å². The van der Waals surface area contributed by atoms with Crippen LogP contribution in [0, 0.1) is 5.41 Å². The molecule has 2 aromatic carbocycles. The first-order chi connectivity index (χ1) is 16.2. The van der Waals surface area contributed by atoms with Crippen molar-refractivity contribution in [3.05, 3.63) is 52.8 Å². The van der Waals surface area contributed by atoms with Gasteiger partial charge in [0, 0.05) is 38.1 Å². The molecule has 0 atom stereocenters. The fraction of sp³-hybridized carbons (Fsp3) is 0.458. The van der Waals surface area contributed by atoms with Crippen molar-refractivity contribution in [3.8, 4) is 16.9 Å². The summed E-state index contributed by atoms with van der Waals surface area (Å²) in [7, 11) is 2.13. The van der Waals surface area contributed by atoms with E-state index in [1.807, 2.05) is 0 Å². The minimum atomic E-state index is -4.74. The largest absolute Gasteiger partial charge is 0.573 e. The van der Waals surface area contributed by atoms with E-state index in [-0.39, 0.29) is 16.7 Å². The van der Waals surface area contributed by atoms with Crippen molar-refractivity contribution in [2.24, 2.45) is 5.41 Å². The third kappa shape index (κ3) is 5.07. The van der Waals surface area contributed by atoms with Gasteiger partial charge >= 0.3 is 6.36 Å². The average molecular weight is 473 g/mol. The summed E-state index contributed by atoms with van der Waals surface area (Å²) in [6.45, 7) is 5.67. The second-order valence-corrected chi connectivity index (χ2v) is 9.44. The Bertz CT molecular complexity index is 1230. The minimum Gasteiger partial charge on any atom is -0.406 e. The molecule has 1 saturated heterocycles. The zero-order valence-corrected chi connectivity index (χ0v) is 18.9. The van der Waals surface area contributed by atoms with Crippen molar-refractivity contribution < 1.29 is 17.9 Å². The third-order valence-corrected chi connectivity index (χ3v) is 6.74. The molecule has 3 aromatic rings. The van der Waals surface area contributed by atoms with Crippen LogP contribution in [0.25, 0.3) is 22.0 Å². The lowest BCUT2D eigenvalue weighted by atomic mass is 10.0. The smallest absolute Gasteiger partial charge is 0.406 e. The quantitative estimate of drug-likeness (QED) is 0.547. The Morgan fingerprint density at radius 2 is 1.65 bits per heavy atom. The lowest BCUT2D eigenvalue weighted by molar-refractivity contribution is -0.274. The van der Waals surface area contributed by atoms with Crippen LogP contribution < -0.4 is 10.3 Å². The molecule has 34 heavy (non-hydrogen) atoms. The van der Waals surface area contributed by atoms with Gasteiger partial charge in [0.05, 0.1) is 11.9 Å². The summed E-state index contributed by atoms with van der Waals surface area (Å²) in [6.07, 6.45) is -2.60. The van der Waals surface area contributed by atoms with Gasteiger partial charge < -0.3 is 14.5 Å². The maximum absolute atomic E-state index is 13.3. The number of hydrogen-bond acceptors (Lipinski definition) is 6. The van der Waals surface area contributed by atoms with Gasteiger partial charge in [0.15, 0.2) is 0 Å². The Hall–Kier alpha value is -2.98. The van der Waals surface area contributed by atoms with E-state index in [0.29, 0.717) is 28.6 Å². The number of benzene rings is 2. The summed E-state index contributed by atoms with van der Waals surface area (Å²) in [5.41, 5.74) is 1.74. The first-order valence-corrected chi connectivity index (χ1v) is 11.3. The van der Waals surface area contributed by atoms with Crippen molar-refractivity contribution in [2.75, 3.05) is 39.8 Å². The molecule has 2 heterocycles. The molecule has 7 nitrogen and oxygen atoms in total. The van der Waals surface area contributed by atoms with Gasteiger partial charge in [-0.1, -0.05) is 23.4 Å². The number of fused-ring (bicyclic) bond motifs is 1. The number of rotatable bonds is 6. The monoisotopic (exact) mass is 473 g/mol. The lowest BCUT2D eigenvalue weighted by Gasteiger charge is -2.34. The summed E-state index contributed by atoms with van der Waals surface area (Å²) in [6, 6.07) is 10.8. The molecule has 180 valence electrons. The zero-order chi connectivity index (χ0) is 23.9. The highest BCUT2D eigenvalue weighted by Gasteiger charge is 2.45. The summed E-state index contributed by atoms with van der Waals surface area (Å²) in [5, 5.41) is 8.88. The summed E-state index contributed by atoms with van der Waals surface area (Å²) < 4.78 is 42.6. The summed E-state index contributed by atoms with van der Waals surface area (Å²) >= 11 is 0. The van der Waals surface area contributed by atoms with Gasteiger partial charge in [-0.15, -0.1) is 18.3 Å². The van der Waals surface area contributed by atoms with Gasteiger partial charge in [0.1, 0.15) is 11.3 Å². The van der Waals surface area contributed by atoms with Crippen LogP contribution in [0.4, 0.5) is 13.2 Å². The van der Waals surface area contributed by atoms with Crippen molar-refractivity contribution in [1.82, 2.24) is 24.8 Å². The SMILES string of the molecule is CN1CCN(CC2(Cn3nnc4ccc(-c5ccc(OC(F)(F)F)cc5)cc4c3=O)CC2)CC1. The second-order valence-electron chi connectivity index (χ2n) is 9.44. The van der Waals surface area contributed by atoms with Crippen LogP contribution in [0.1, 0.15) is 12.8 Å². The molecule has 10 heteroatoms. The van der Waals surface area contributed by atoms with Crippen LogP contribution in [0.3, 0.4) is 0 Å². The Labute approximate surface area is 194 Å². The number of hydrogen-bond donors (Lipinski definition) is 0. The van der Waals surface area contributed by atoms with Gasteiger partial charge in [0.2, 0.25) is 0 Å². The molecule has 2 aliphatic rings. The van der Waals surface area contributed by atoms with Gasteiger partial charge in [-0.3, -0.25) is 4.79 Å². The molecule has 0 unspecified atom stereocenters. The van der Waals surface area contributed by atoms with E-state index >= 15 is 0 Å². The highest BCUT2D eigenvalue weighted by Crippen LogP contribution is 2.47. The standard InChI is InChI=1S/C24H26F3N5O2/c1-30-10-12-31(13-11-30)15-23(8-9-23)16-32-22(33)20-14-18(4-7-21(20)28-29-32)17-2-5-19(6-3-17)34-24(25,26)27/h2-7,14H,8-13,15-16H2,1H3. The van der Waals surface area contributed by atoms with E-state index in [9.17, 15) is 18.0 Å². The predicted octanol–water partition coefficient (Wildman–Crippen LogP) is 3.38. The van der Waals surface area contributed by atoms with Crippen molar-refractivity contribution in [1.29, 1.82) is 0 Å². The lowest BCUT2D eigenvalue weighted by Crippen LogP contribution is -2.47. The predicted molar refractivity (Wildman–Crippen MR) is 122 cm³/mol. The average Bonchev–Trinajstić information content (AvgIpc) is 3.56. The summed E-state index contributed by atoms with van der Waals surface area (Å²) in [5.74, 6) is -0.291. The molecule has 2 fully saturated rings. The molecular formula is C24H26F3N5O2. The Morgan fingerprint density at radius 1 is 0.971 bits per heavy atom. The number of piperazine rings is 1. The number of likely N-dealkylation sites (N-methyl/N-ethyl adjacent to an activating group) is 1. The van der Waals surface area contributed by atoms with Gasteiger partial charge in [-0.25, -0.2) is 4.68 Å². The van der Waals surface area contributed by atoms with Gasteiger partial charge in [-0.05, 0) is 55.3 Å². The van der Waals surface area contributed by atoms with Crippen molar-refractivity contribution in [2.45, 2.75) is 25.7 Å². The molecule has 1 aromatic heterocycles. The second kappa shape index (κ2) is 8.66. The molecule has 1 aliphatic heterocycles. The molecule has 1 saturated carbocycles. The summed E-state index contributed by atoms with van der Waals surface area (Å²) in [4.78, 5) is 18.1. The van der Waals surface area contributed by atoms with E-state index in [0.717, 1.165) is 45.6 Å². The Morgan fingerprint density at radius 3 is 2.29 bits per heavy atom. The van der Waals surface area contributed by atoms with E-state index in [1.165, 1.54) is 28.9 Å². The first-order valence-electron chi connectivity index (χ1n) is 11.3. The fourth-order valence-corrected chi connectivity index (χ4v) is 4.55. The van der Waals surface area contributed by atoms with Gasteiger partial charge in [-0.2, -0.15) is 0 Å². The fourth-order valence-electron chi connectivity index (χ4n) is 4.55. The molecule has 0 radical (unpaired) electrons. The van der Waals surface area contributed by atoms with E-state index in [1.54, 1.807) is 18.2 Å². The molecule has 0 amide bonds. The van der Waals surface area contributed by atoms with Gasteiger partial charge in [0.25, 0.3) is 5.56 Å². The normalized spacial score (nSPS) is 18.8. The maximum atomic E-state index is 13.3. The van der Waals surface area contributed by atoms with Crippen molar-refractivity contribution >= 4 is 10.9 Å². The topological polar surface area (TPSA) is 63.5 Å². The van der Waals surface area contributed by atoms with Crippen LogP contribution in [0.15, 0.2) is 47.3 Å². The molecule has 0 N–H and O–H groups in total. The highest BCUT2D eigenvalue weighted by molar-refractivity contribution is 5.83. The molecule has 0 bridgehead atoms. The highest BCUT2D eigenvalue weighted by atomic mass is 19.4. The number of alkyl halides is 3. The minimum absolute atomic E-state index is 0.0635. The van der Waals surface area contributed by atoms with Crippen LogP contribution in [0.5, 0.6) is 5.75 Å². The van der Waals surface area contributed by atoms with Crippen LogP contribution in [-0.4, -0.2) is 70.9 Å². The van der Waals surface area contributed by atoms with E-state index in [2.05, 4.69) is 31.9 Å². The van der Waals surface area contributed by atoms with Crippen LogP contribution in [-0.2, 0) is 6.54 Å². The number of nitrogens with zero attached hydrogens (tertiary/aromatic N) is 5. The number of ether oxygens (including phenoxy) is 1. The van der Waals surface area contributed by atoms with Crippen LogP contribution >= 0.6 is 0 Å². The Balaban J connectivity index is 1.36. The molecular weight excluding hydrogens is 447 g/mol. The van der Waals surface area contributed by atoms with E-state index in [4.69, 9.17) is 0 Å². The number of aromatic nitrogens is 3. The van der Waals surface area contributed by atoms with E-state index < -0.39 is 6.36 Å². The zero-order valence-electron chi connectivity index (χ0n) is 18.9. The molecule has 5 rings (SSSR count). The molecule has 0 spiro atoms. The number of halogens is 3. The Kier molecular flexibility index (Phi) is 5.81. The maximum Gasteiger partial charge on any atom is 0.573 e. The third-order valence-electron chi connectivity index (χ3n) is 6.74.